The molecule has 1 aromatic carbocycles. The maximum Gasteiger partial charge on any atom is 0.231 e. The van der Waals surface area contributed by atoms with Crippen LogP contribution in [0.5, 0.6) is 11.5 Å². The van der Waals surface area contributed by atoms with Crippen molar-refractivity contribution in [2.45, 2.75) is 6.42 Å². The number of carbonyl (C=O) groups excluding carboxylic acids is 1. The molecule has 0 saturated carbocycles. The highest BCUT2D eigenvalue weighted by atomic mass is 16.7. The van der Waals surface area contributed by atoms with Gasteiger partial charge in [-0.25, -0.2) is 0 Å². The Bertz CT molecular complexity index is 1150. The molecule has 0 spiro atoms. The van der Waals surface area contributed by atoms with Crippen molar-refractivity contribution < 1.29 is 19.0 Å². The van der Waals surface area contributed by atoms with Crippen LogP contribution in [0.4, 0.5) is 5.82 Å². The molecule has 1 aliphatic carbocycles. The second-order valence-corrected chi connectivity index (χ2v) is 8.38. The van der Waals surface area contributed by atoms with Gasteiger partial charge < -0.3 is 29.4 Å². The Morgan fingerprint density at radius 3 is 2.91 bits per heavy atom. The first-order chi connectivity index (χ1) is 15.8. The maximum absolute atomic E-state index is 13.0. The van der Waals surface area contributed by atoms with Gasteiger partial charge in [-0.1, -0.05) is 30.4 Å². The quantitative estimate of drug-likeness (QED) is 0.777. The molecule has 1 saturated heterocycles. The van der Waals surface area contributed by atoms with Gasteiger partial charge >= 0.3 is 0 Å². The van der Waals surface area contributed by atoms with Crippen LogP contribution in [0.15, 0.2) is 53.8 Å². The molecule has 3 aliphatic heterocycles. The topological polar surface area (TPSA) is 75.8 Å². The number of hydrogen-bond acceptors (Lipinski definition) is 5. The van der Waals surface area contributed by atoms with Gasteiger partial charge in [0.15, 0.2) is 11.5 Å². The van der Waals surface area contributed by atoms with Gasteiger partial charge in [0.25, 0.3) is 0 Å². The van der Waals surface area contributed by atoms with E-state index in [4.69, 9.17) is 14.2 Å². The third-order valence-electron chi connectivity index (χ3n) is 6.51. The molecule has 7 nitrogen and oxygen atoms in total. The Labute approximate surface area is 186 Å². The summed E-state index contributed by atoms with van der Waals surface area (Å²) in [5.74, 6) is 2.62. The lowest BCUT2D eigenvalue weighted by Gasteiger charge is -2.31. The fourth-order valence-corrected chi connectivity index (χ4v) is 4.82. The number of ether oxygens (including phenoxy) is 3. The number of amides is 1. The lowest BCUT2D eigenvalue weighted by Crippen LogP contribution is -2.43. The van der Waals surface area contributed by atoms with Crippen LogP contribution in [0.2, 0.25) is 0 Å². The highest BCUT2D eigenvalue weighted by Gasteiger charge is 2.28. The van der Waals surface area contributed by atoms with E-state index in [1.165, 1.54) is 11.1 Å². The molecule has 1 atom stereocenters. The standard InChI is InChI=1S/C25H25N3O4/c29-25(28-7-9-30-10-8-28)17-4-1-3-16(11-17)18-12-20-21(14-27-24(20)26-13-18)19-5-2-6-22-23(19)32-15-31-22/h1-6,12,14,17,26-27H,7-11,13,15H2. The van der Waals surface area contributed by atoms with Crippen molar-refractivity contribution in [1.29, 1.82) is 0 Å². The Balaban J connectivity index is 1.28. The Morgan fingerprint density at radius 2 is 2.00 bits per heavy atom. The number of benzene rings is 1. The fourth-order valence-electron chi connectivity index (χ4n) is 4.82. The number of rotatable bonds is 3. The van der Waals surface area contributed by atoms with Crippen LogP contribution in [0, 0.1) is 5.92 Å². The molecule has 32 heavy (non-hydrogen) atoms. The Hall–Kier alpha value is -3.45. The average Bonchev–Trinajstić information content (AvgIpc) is 3.51. The van der Waals surface area contributed by atoms with E-state index >= 15 is 0 Å². The zero-order chi connectivity index (χ0) is 21.5. The number of hydrogen-bond donors (Lipinski definition) is 2. The number of nitrogens with zero attached hydrogens (tertiary/aromatic N) is 1. The zero-order valence-corrected chi connectivity index (χ0v) is 17.7. The molecule has 1 aromatic heterocycles. The highest BCUT2D eigenvalue weighted by Crippen LogP contribution is 2.45. The summed E-state index contributed by atoms with van der Waals surface area (Å²) in [4.78, 5) is 18.3. The number of H-pyrrole nitrogens is 1. The molecule has 7 heteroatoms. The lowest BCUT2D eigenvalue weighted by atomic mass is 9.86. The van der Waals surface area contributed by atoms with Crippen molar-refractivity contribution in [3.8, 4) is 22.6 Å². The first-order valence-corrected chi connectivity index (χ1v) is 11.1. The minimum atomic E-state index is -0.121. The van der Waals surface area contributed by atoms with Crippen molar-refractivity contribution in [3.05, 3.63) is 59.3 Å². The van der Waals surface area contributed by atoms with Crippen LogP contribution in [-0.2, 0) is 9.53 Å². The van der Waals surface area contributed by atoms with Crippen molar-refractivity contribution in [1.82, 2.24) is 9.88 Å². The van der Waals surface area contributed by atoms with E-state index in [1.807, 2.05) is 35.4 Å². The summed E-state index contributed by atoms with van der Waals surface area (Å²) in [5.41, 5.74) is 5.57. The van der Waals surface area contributed by atoms with Crippen LogP contribution in [0.25, 0.3) is 17.2 Å². The van der Waals surface area contributed by atoms with Crippen molar-refractivity contribution >= 4 is 17.8 Å². The summed E-state index contributed by atoms with van der Waals surface area (Å²) in [7, 11) is 0. The second-order valence-electron chi connectivity index (χ2n) is 8.38. The molecule has 1 unspecified atom stereocenters. The number of allylic oxidation sites excluding steroid dienone is 2. The van der Waals surface area contributed by atoms with Crippen LogP contribution in [0.3, 0.4) is 0 Å². The van der Waals surface area contributed by atoms with Crippen molar-refractivity contribution in [2.75, 3.05) is 45.0 Å². The predicted molar refractivity (Wildman–Crippen MR) is 122 cm³/mol. The molecule has 0 bridgehead atoms. The summed E-state index contributed by atoms with van der Waals surface area (Å²) in [6.07, 6.45) is 11.1. The van der Waals surface area contributed by atoms with Gasteiger partial charge in [-0.3, -0.25) is 4.79 Å². The van der Waals surface area contributed by atoms with Crippen molar-refractivity contribution in [3.63, 3.8) is 0 Å². The fraction of sp³-hybridized carbons (Fsp3) is 0.320. The first-order valence-electron chi connectivity index (χ1n) is 11.1. The Morgan fingerprint density at radius 1 is 1.09 bits per heavy atom. The summed E-state index contributed by atoms with van der Waals surface area (Å²) >= 11 is 0. The van der Waals surface area contributed by atoms with E-state index in [2.05, 4.69) is 28.5 Å². The van der Waals surface area contributed by atoms with Gasteiger partial charge in [0.05, 0.1) is 19.1 Å². The van der Waals surface area contributed by atoms with Gasteiger partial charge in [-0.2, -0.15) is 0 Å². The Kier molecular flexibility index (Phi) is 4.76. The predicted octanol–water partition coefficient (Wildman–Crippen LogP) is 3.58. The van der Waals surface area contributed by atoms with E-state index in [9.17, 15) is 4.79 Å². The van der Waals surface area contributed by atoms with Gasteiger partial charge in [0.1, 0.15) is 5.82 Å². The number of anilines is 1. The first kappa shape index (κ1) is 19.3. The van der Waals surface area contributed by atoms with Gasteiger partial charge in [-0.15, -0.1) is 0 Å². The number of para-hydroxylation sites is 1. The zero-order valence-electron chi connectivity index (χ0n) is 17.7. The third kappa shape index (κ3) is 3.29. The number of aromatic amines is 1. The molecule has 2 N–H and O–H groups in total. The van der Waals surface area contributed by atoms with E-state index in [0.717, 1.165) is 40.6 Å². The highest BCUT2D eigenvalue weighted by molar-refractivity contribution is 5.89. The van der Waals surface area contributed by atoms with Crippen LogP contribution in [0.1, 0.15) is 12.0 Å². The third-order valence-corrected chi connectivity index (χ3v) is 6.51. The lowest BCUT2D eigenvalue weighted by molar-refractivity contribution is -0.138. The molecule has 6 rings (SSSR count). The number of aromatic nitrogens is 1. The van der Waals surface area contributed by atoms with Crippen LogP contribution < -0.4 is 14.8 Å². The summed E-state index contributed by atoms with van der Waals surface area (Å²) in [6, 6.07) is 5.97. The number of nitrogens with one attached hydrogen (secondary N) is 2. The molecule has 4 aliphatic rings. The van der Waals surface area contributed by atoms with E-state index in [-0.39, 0.29) is 18.6 Å². The SMILES string of the molecule is O=C(C1C=CC=C(C2=Cc3c(-c4cccc5c4OCO5)c[nH]c3NC2)C1)N1CCOCC1. The van der Waals surface area contributed by atoms with Gasteiger partial charge in [0.2, 0.25) is 12.7 Å². The van der Waals surface area contributed by atoms with Crippen LogP contribution in [-0.4, -0.2) is 55.4 Å². The number of fused-ring (bicyclic) bond motifs is 2. The summed E-state index contributed by atoms with van der Waals surface area (Å²) in [6.45, 7) is 3.56. The molecule has 164 valence electrons. The number of carbonyl (C=O) groups is 1. The van der Waals surface area contributed by atoms with E-state index in [0.29, 0.717) is 32.7 Å². The molecular weight excluding hydrogens is 406 g/mol. The maximum atomic E-state index is 13.0. The van der Waals surface area contributed by atoms with E-state index < -0.39 is 0 Å². The average molecular weight is 431 g/mol. The molecule has 0 radical (unpaired) electrons. The smallest absolute Gasteiger partial charge is 0.231 e. The largest absolute Gasteiger partial charge is 0.454 e. The second kappa shape index (κ2) is 7.91. The minimum absolute atomic E-state index is 0.121. The molecular formula is C25H25N3O4. The van der Waals surface area contributed by atoms with Gasteiger partial charge in [0, 0.05) is 42.5 Å². The molecule has 2 aromatic rings. The summed E-state index contributed by atoms with van der Waals surface area (Å²) < 4.78 is 16.7. The molecule has 4 heterocycles. The molecule has 1 amide bonds. The molecule has 1 fully saturated rings. The van der Waals surface area contributed by atoms with E-state index in [1.54, 1.807) is 0 Å². The van der Waals surface area contributed by atoms with Crippen LogP contribution >= 0.6 is 0 Å². The van der Waals surface area contributed by atoms with Gasteiger partial charge in [-0.05, 0) is 29.7 Å². The van der Waals surface area contributed by atoms with Crippen molar-refractivity contribution in [2.24, 2.45) is 5.92 Å². The minimum Gasteiger partial charge on any atom is -0.454 e. The monoisotopic (exact) mass is 431 g/mol. The summed E-state index contributed by atoms with van der Waals surface area (Å²) in [5, 5.41) is 3.50. The number of morpholine rings is 1. The normalized spacial score (nSPS) is 21.5.